The Balaban J connectivity index is 1.37. The molecule has 4 aromatic rings. The minimum atomic E-state index is -0.485. The number of anilines is 3. The fourth-order valence-corrected chi connectivity index (χ4v) is 5.97. The first-order valence-electron chi connectivity index (χ1n) is 13.2. The van der Waals surface area contributed by atoms with Crippen molar-refractivity contribution >= 4 is 69.1 Å². The van der Waals surface area contributed by atoms with Gasteiger partial charge in [-0.15, -0.1) is 16.4 Å². The second kappa shape index (κ2) is 12.5. The lowest BCUT2D eigenvalue weighted by molar-refractivity contribution is -0.116. The summed E-state index contributed by atoms with van der Waals surface area (Å²) < 4.78 is 1.33. The first kappa shape index (κ1) is 29.0. The number of aromatic nitrogens is 4. The molecule has 0 aliphatic carbocycles. The molecule has 1 aliphatic rings. The number of hydrogen-bond donors (Lipinski definition) is 4. The van der Waals surface area contributed by atoms with Crippen LogP contribution in [0.25, 0.3) is 16.0 Å². The van der Waals surface area contributed by atoms with Crippen molar-refractivity contribution in [2.75, 3.05) is 16.8 Å². The standard InChI is InChI=1S/C28H28N8O4S2/c1-3-20(37)29-11-6-4-5-9-21(41)32-26(39)25-24-23-17(10-13-30-27(23)42-25)36(28(40)33-24)18-15-35(22(38)14-16(18)2)19-8-7-12-31-34-19/h3,7-8,10,12-15,21,41H,1,4-6,9,11H2,2H3,(H,29,37)(H,32,39)(H,33,40)/t21-/m0/s1. The van der Waals surface area contributed by atoms with Gasteiger partial charge in [0.05, 0.1) is 27.8 Å². The summed E-state index contributed by atoms with van der Waals surface area (Å²) >= 11 is 5.71. The Kier molecular flexibility index (Phi) is 8.64. The van der Waals surface area contributed by atoms with Gasteiger partial charge in [-0.05, 0) is 49.6 Å². The average molecular weight is 605 g/mol. The maximum Gasteiger partial charge on any atom is 0.331 e. The van der Waals surface area contributed by atoms with Crippen molar-refractivity contribution in [2.45, 2.75) is 38.0 Å². The molecule has 1 aliphatic heterocycles. The topological polar surface area (TPSA) is 151 Å². The van der Waals surface area contributed by atoms with Crippen molar-refractivity contribution in [3.63, 3.8) is 0 Å². The predicted octanol–water partition coefficient (Wildman–Crippen LogP) is 4.08. The molecule has 4 aromatic heterocycles. The molecule has 0 aromatic carbocycles. The number of nitrogens with one attached hydrogen (secondary N) is 3. The van der Waals surface area contributed by atoms with Gasteiger partial charge in [0.1, 0.15) is 9.71 Å². The van der Waals surface area contributed by atoms with Crippen LogP contribution in [0.4, 0.5) is 21.9 Å². The molecule has 14 heteroatoms. The van der Waals surface area contributed by atoms with E-state index in [1.165, 1.54) is 39.1 Å². The Morgan fingerprint density at radius 2 is 2.02 bits per heavy atom. The number of aryl methyl sites for hydroxylation is 1. The van der Waals surface area contributed by atoms with Crippen LogP contribution >= 0.6 is 24.0 Å². The van der Waals surface area contributed by atoms with E-state index in [-0.39, 0.29) is 17.4 Å². The molecule has 12 nitrogen and oxygen atoms in total. The fraction of sp³-hybridized carbons (Fsp3) is 0.250. The number of carbonyl (C=O) groups is 3. The summed E-state index contributed by atoms with van der Waals surface area (Å²) in [4.78, 5) is 57.7. The van der Waals surface area contributed by atoms with Gasteiger partial charge >= 0.3 is 6.03 Å². The maximum atomic E-state index is 13.6. The second-order valence-corrected chi connectivity index (χ2v) is 11.2. The fourth-order valence-electron chi connectivity index (χ4n) is 4.65. The Bertz CT molecular complexity index is 1740. The van der Waals surface area contributed by atoms with Gasteiger partial charge in [-0.3, -0.25) is 23.9 Å². The van der Waals surface area contributed by atoms with Crippen LogP contribution in [0, 0.1) is 6.92 Å². The van der Waals surface area contributed by atoms with E-state index in [1.54, 1.807) is 37.5 Å². The van der Waals surface area contributed by atoms with E-state index in [2.05, 4.69) is 50.3 Å². The third-order valence-electron chi connectivity index (χ3n) is 6.67. The van der Waals surface area contributed by atoms with Crippen molar-refractivity contribution in [1.82, 2.24) is 30.4 Å². The van der Waals surface area contributed by atoms with Crippen LogP contribution in [0.2, 0.25) is 0 Å². The quantitative estimate of drug-likeness (QED) is 0.0872. The molecule has 0 saturated heterocycles. The number of unbranched alkanes of at least 4 members (excludes halogenated alkanes) is 2. The van der Waals surface area contributed by atoms with E-state index in [1.807, 2.05) is 0 Å². The minimum Gasteiger partial charge on any atom is -0.353 e. The molecule has 5 heterocycles. The summed E-state index contributed by atoms with van der Waals surface area (Å²) in [5.74, 6) is -0.244. The number of rotatable bonds is 11. The first-order valence-corrected chi connectivity index (χ1v) is 14.5. The van der Waals surface area contributed by atoms with Crippen molar-refractivity contribution in [3.05, 3.63) is 76.3 Å². The third kappa shape index (κ3) is 5.90. The number of hydrogen-bond acceptors (Lipinski definition) is 9. The van der Waals surface area contributed by atoms with E-state index in [0.717, 1.165) is 19.3 Å². The smallest absolute Gasteiger partial charge is 0.331 e. The van der Waals surface area contributed by atoms with E-state index >= 15 is 0 Å². The lowest BCUT2D eigenvalue weighted by Gasteiger charge is -2.29. The average Bonchev–Trinajstić information content (AvgIpc) is 3.35. The second-order valence-electron chi connectivity index (χ2n) is 9.55. The summed E-state index contributed by atoms with van der Waals surface area (Å²) in [6.45, 7) is 5.73. The number of thiol groups is 1. The molecular weight excluding hydrogens is 576 g/mol. The molecule has 216 valence electrons. The van der Waals surface area contributed by atoms with E-state index in [4.69, 9.17) is 0 Å². The van der Waals surface area contributed by atoms with Crippen molar-refractivity contribution in [3.8, 4) is 5.82 Å². The highest BCUT2D eigenvalue weighted by Crippen LogP contribution is 2.46. The van der Waals surface area contributed by atoms with E-state index in [9.17, 15) is 19.2 Å². The van der Waals surface area contributed by atoms with Crippen LogP contribution in [0.3, 0.4) is 0 Å². The zero-order valence-corrected chi connectivity index (χ0v) is 24.4. The van der Waals surface area contributed by atoms with Crippen LogP contribution in [0.15, 0.2) is 60.3 Å². The highest BCUT2D eigenvalue weighted by molar-refractivity contribution is 7.80. The van der Waals surface area contributed by atoms with Crippen LogP contribution in [-0.2, 0) is 4.79 Å². The Morgan fingerprint density at radius 1 is 1.19 bits per heavy atom. The van der Waals surface area contributed by atoms with E-state index in [0.29, 0.717) is 56.5 Å². The number of carbonyl (C=O) groups excluding carboxylic acids is 3. The summed E-state index contributed by atoms with van der Waals surface area (Å²) in [5, 5.41) is 16.6. The first-order chi connectivity index (χ1) is 20.3. The van der Waals surface area contributed by atoms with Crippen LogP contribution in [0.1, 0.15) is 40.9 Å². The van der Waals surface area contributed by atoms with Gasteiger partial charge in [-0.2, -0.15) is 17.7 Å². The molecule has 0 radical (unpaired) electrons. The van der Waals surface area contributed by atoms with E-state index < -0.39 is 11.4 Å². The SMILES string of the molecule is C=CC(=O)NCCCCC[C@H](S)NC(=O)c1sc2nccc3c2c1NC(=O)N3c1cn(-c2cccnn2)c(=O)cc1C. The lowest BCUT2D eigenvalue weighted by Crippen LogP contribution is -2.36. The molecular formula is C28H28N8O4S2. The van der Waals surface area contributed by atoms with Crippen molar-refractivity contribution in [2.24, 2.45) is 0 Å². The molecule has 0 saturated carbocycles. The van der Waals surface area contributed by atoms with Crippen LogP contribution in [0.5, 0.6) is 0 Å². The van der Waals surface area contributed by atoms with Gasteiger partial charge in [0, 0.05) is 31.2 Å². The molecule has 0 fully saturated rings. The lowest BCUT2D eigenvalue weighted by atomic mass is 10.1. The predicted molar refractivity (Wildman–Crippen MR) is 165 cm³/mol. The summed E-state index contributed by atoms with van der Waals surface area (Å²) in [6.07, 6.45) is 8.99. The summed E-state index contributed by atoms with van der Waals surface area (Å²) in [7, 11) is 0. The Hall–Kier alpha value is -4.56. The third-order valence-corrected chi connectivity index (χ3v) is 8.15. The van der Waals surface area contributed by atoms with Crippen LogP contribution in [-0.4, -0.2) is 49.5 Å². The van der Waals surface area contributed by atoms with Crippen molar-refractivity contribution < 1.29 is 14.4 Å². The van der Waals surface area contributed by atoms with Gasteiger partial charge in [-0.1, -0.05) is 19.4 Å². The van der Waals surface area contributed by atoms with Gasteiger partial charge in [-0.25, -0.2) is 9.78 Å². The molecule has 5 rings (SSSR count). The van der Waals surface area contributed by atoms with Gasteiger partial charge in [0.2, 0.25) is 5.91 Å². The monoisotopic (exact) mass is 604 g/mol. The molecule has 42 heavy (non-hydrogen) atoms. The normalized spacial score (nSPS) is 13.0. The molecule has 4 amide bonds. The largest absolute Gasteiger partial charge is 0.353 e. The summed E-state index contributed by atoms with van der Waals surface area (Å²) in [6, 6.07) is 5.97. The number of urea groups is 1. The Labute approximate surface area is 250 Å². The molecule has 0 unspecified atom stereocenters. The van der Waals surface area contributed by atoms with Gasteiger partial charge < -0.3 is 16.0 Å². The number of thiophene rings is 1. The summed E-state index contributed by atoms with van der Waals surface area (Å²) in [5.41, 5.74) is 1.65. The minimum absolute atomic E-state index is 0.198. The van der Waals surface area contributed by atoms with Gasteiger partial charge in [0.25, 0.3) is 11.5 Å². The van der Waals surface area contributed by atoms with Gasteiger partial charge in [0.15, 0.2) is 5.82 Å². The van der Waals surface area contributed by atoms with Crippen molar-refractivity contribution in [1.29, 1.82) is 0 Å². The highest BCUT2D eigenvalue weighted by atomic mass is 32.1. The molecule has 3 N–H and O–H groups in total. The maximum absolute atomic E-state index is 13.6. The molecule has 0 spiro atoms. The zero-order chi connectivity index (χ0) is 29.8. The number of nitrogens with zero attached hydrogens (tertiary/aromatic N) is 5. The molecule has 1 atom stereocenters. The number of amides is 4. The number of pyridine rings is 2. The van der Waals surface area contributed by atoms with Crippen LogP contribution < -0.4 is 26.4 Å². The highest BCUT2D eigenvalue weighted by Gasteiger charge is 2.34. The Morgan fingerprint density at radius 3 is 2.79 bits per heavy atom. The zero-order valence-electron chi connectivity index (χ0n) is 22.7. The molecule has 0 bridgehead atoms.